The number of aryl methyl sites for hydroxylation is 1. The second-order valence-electron chi connectivity index (χ2n) is 7.31. The summed E-state index contributed by atoms with van der Waals surface area (Å²) in [5.41, 5.74) is 1.34. The summed E-state index contributed by atoms with van der Waals surface area (Å²) < 4.78 is 13.3. The molecular formula is C21H22FN3O2S2. The number of aromatic amines is 1. The van der Waals surface area contributed by atoms with Crippen LogP contribution in [0.3, 0.4) is 0 Å². The van der Waals surface area contributed by atoms with Gasteiger partial charge in [0.15, 0.2) is 5.16 Å². The maximum atomic E-state index is 13.3. The number of rotatable bonds is 4. The summed E-state index contributed by atoms with van der Waals surface area (Å²) in [6.45, 7) is 4.81. The van der Waals surface area contributed by atoms with Crippen LogP contribution in [0, 0.1) is 12.7 Å². The minimum absolute atomic E-state index is 0.0827. The van der Waals surface area contributed by atoms with Crippen LogP contribution in [0.15, 0.2) is 34.2 Å². The van der Waals surface area contributed by atoms with Gasteiger partial charge in [0, 0.05) is 23.0 Å². The van der Waals surface area contributed by atoms with Crippen molar-refractivity contribution in [2.75, 3.05) is 12.3 Å². The number of carbonyl (C=O) groups excluding carboxylic acids is 1. The zero-order valence-corrected chi connectivity index (χ0v) is 18.0. The second kappa shape index (κ2) is 8.28. The number of benzene rings is 1. The Bertz CT molecular complexity index is 1110. The number of nitrogens with one attached hydrogen (secondary N) is 1. The van der Waals surface area contributed by atoms with Gasteiger partial charge in [-0.05, 0) is 50.8 Å². The molecule has 152 valence electrons. The molecule has 0 bridgehead atoms. The molecule has 29 heavy (non-hydrogen) atoms. The number of fused-ring (bicyclic) bond motifs is 1. The van der Waals surface area contributed by atoms with E-state index in [2.05, 4.69) is 16.9 Å². The van der Waals surface area contributed by atoms with Crippen molar-refractivity contribution in [1.29, 1.82) is 0 Å². The van der Waals surface area contributed by atoms with E-state index in [1.807, 2.05) is 11.8 Å². The van der Waals surface area contributed by atoms with E-state index in [9.17, 15) is 14.0 Å². The van der Waals surface area contributed by atoms with Gasteiger partial charge in [0.2, 0.25) is 5.91 Å². The number of thioether (sulfide) groups is 1. The molecule has 1 aliphatic heterocycles. The molecule has 1 atom stereocenters. The fourth-order valence-corrected chi connectivity index (χ4v) is 5.66. The average molecular weight is 432 g/mol. The Morgan fingerprint density at radius 1 is 1.34 bits per heavy atom. The number of halogens is 1. The highest BCUT2D eigenvalue weighted by molar-refractivity contribution is 7.99. The lowest BCUT2D eigenvalue weighted by Gasteiger charge is -2.33. The third-order valence-electron chi connectivity index (χ3n) is 5.30. The smallest absolute Gasteiger partial charge is 0.260 e. The number of amides is 1. The van der Waals surface area contributed by atoms with Gasteiger partial charge < -0.3 is 9.88 Å². The Morgan fingerprint density at radius 3 is 2.83 bits per heavy atom. The maximum absolute atomic E-state index is 13.3. The first-order valence-corrected chi connectivity index (χ1v) is 11.5. The Labute approximate surface area is 176 Å². The van der Waals surface area contributed by atoms with Gasteiger partial charge in [-0.2, -0.15) is 0 Å². The highest BCUT2D eigenvalue weighted by Gasteiger charge is 2.23. The summed E-state index contributed by atoms with van der Waals surface area (Å²) in [6, 6.07) is 6.38. The summed E-state index contributed by atoms with van der Waals surface area (Å²) in [6.07, 6.45) is 3.25. The zero-order chi connectivity index (χ0) is 20.5. The molecule has 1 aliphatic rings. The average Bonchev–Trinajstić information content (AvgIpc) is 3.03. The first-order chi connectivity index (χ1) is 13.9. The molecule has 0 aliphatic carbocycles. The number of hydrogen-bond donors (Lipinski definition) is 1. The molecule has 1 aromatic carbocycles. The SMILES string of the molecule is Cc1sc2nc(SCC(=O)N3CCCC[C@@H]3C)[nH]c(=O)c2c1-c1ccc(F)cc1. The van der Waals surface area contributed by atoms with Crippen molar-refractivity contribution in [3.8, 4) is 11.1 Å². The van der Waals surface area contributed by atoms with Gasteiger partial charge in [-0.15, -0.1) is 11.3 Å². The summed E-state index contributed by atoms with van der Waals surface area (Å²) in [5, 5.41) is 0.965. The third kappa shape index (κ3) is 4.09. The predicted octanol–water partition coefficient (Wildman–Crippen LogP) is 4.59. The van der Waals surface area contributed by atoms with E-state index in [1.54, 1.807) is 12.1 Å². The molecule has 0 radical (unpaired) electrons. The fraction of sp³-hybridized carbons (Fsp3) is 0.381. The monoisotopic (exact) mass is 431 g/mol. The largest absolute Gasteiger partial charge is 0.339 e. The van der Waals surface area contributed by atoms with Crippen LogP contribution < -0.4 is 5.56 Å². The van der Waals surface area contributed by atoms with Crippen LogP contribution in [0.2, 0.25) is 0 Å². The highest BCUT2D eigenvalue weighted by atomic mass is 32.2. The number of thiophene rings is 1. The van der Waals surface area contributed by atoms with Crippen LogP contribution in [0.1, 0.15) is 31.1 Å². The number of H-pyrrole nitrogens is 1. The van der Waals surface area contributed by atoms with Gasteiger partial charge in [-0.1, -0.05) is 23.9 Å². The van der Waals surface area contributed by atoms with Crippen LogP contribution >= 0.6 is 23.1 Å². The van der Waals surface area contributed by atoms with Crippen LogP contribution in [0.4, 0.5) is 4.39 Å². The maximum Gasteiger partial charge on any atom is 0.260 e. The molecule has 0 unspecified atom stereocenters. The molecule has 5 nitrogen and oxygen atoms in total. The quantitative estimate of drug-likeness (QED) is 0.485. The van der Waals surface area contributed by atoms with Crippen molar-refractivity contribution in [3.63, 3.8) is 0 Å². The van der Waals surface area contributed by atoms with Crippen molar-refractivity contribution in [1.82, 2.24) is 14.9 Å². The van der Waals surface area contributed by atoms with Gasteiger partial charge >= 0.3 is 0 Å². The topological polar surface area (TPSA) is 66.1 Å². The van der Waals surface area contributed by atoms with E-state index in [0.717, 1.165) is 41.8 Å². The van der Waals surface area contributed by atoms with E-state index in [1.165, 1.54) is 35.2 Å². The minimum Gasteiger partial charge on any atom is -0.339 e. The molecule has 3 aromatic rings. The highest BCUT2D eigenvalue weighted by Crippen LogP contribution is 2.36. The standard InChI is InChI=1S/C21H22FN3O2S2/c1-12-5-3-4-10-25(12)16(26)11-28-21-23-19(27)18-17(13(2)29-20(18)24-21)14-6-8-15(22)9-7-14/h6-9,12H,3-5,10-11H2,1-2H3,(H,23,24,27)/t12-/m0/s1. The molecular weight excluding hydrogens is 409 g/mol. The molecule has 0 saturated carbocycles. The van der Waals surface area contributed by atoms with Gasteiger partial charge in [-0.3, -0.25) is 9.59 Å². The molecule has 8 heteroatoms. The Morgan fingerprint density at radius 2 is 2.10 bits per heavy atom. The molecule has 1 fully saturated rings. The summed E-state index contributed by atoms with van der Waals surface area (Å²) >= 11 is 2.70. The van der Waals surface area contributed by atoms with E-state index in [0.29, 0.717) is 15.4 Å². The number of carbonyl (C=O) groups is 1. The first-order valence-electron chi connectivity index (χ1n) is 9.65. The summed E-state index contributed by atoms with van der Waals surface area (Å²) in [4.78, 5) is 36.3. The third-order valence-corrected chi connectivity index (χ3v) is 7.16. The first kappa shape index (κ1) is 20.1. The predicted molar refractivity (Wildman–Crippen MR) is 116 cm³/mol. The molecule has 1 saturated heterocycles. The lowest BCUT2D eigenvalue weighted by atomic mass is 10.0. The lowest BCUT2D eigenvalue weighted by Crippen LogP contribution is -2.43. The van der Waals surface area contributed by atoms with Crippen molar-refractivity contribution >= 4 is 39.2 Å². The Kier molecular flexibility index (Phi) is 5.74. The number of aromatic nitrogens is 2. The normalized spacial score (nSPS) is 17.1. The molecule has 4 rings (SSSR count). The summed E-state index contributed by atoms with van der Waals surface area (Å²) in [7, 11) is 0. The lowest BCUT2D eigenvalue weighted by molar-refractivity contribution is -0.131. The van der Waals surface area contributed by atoms with E-state index < -0.39 is 0 Å². The fourth-order valence-electron chi connectivity index (χ4n) is 3.81. The molecule has 1 amide bonds. The van der Waals surface area contributed by atoms with Crippen LogP contribution in [0.25, 0.3) is 21.3 Å². The van der Waals surface area contributed by atoms with E-state index in [-0.39, 0.29) is 29.1 Å². The van der Waals surface area contributed by atoms with Crippen LogP contribution in [-0.2, 0) is 4.79 Å². The van der Waals surface area contributed by atoms with Gasteiger partial charge in [0.05, 0.1) is 11.1 Å². The van der Waals surface area contributed by atoms with Gasteiger partial charge in [0.1, 0.15) is 10.6 Å². The van der Waals surface area contributed by atoms with Crippen molar-refractivity contribution in [3.05, 3.63) is 45.3 Å². The number of piperidine rings is 1. The van der Waals surface area contributed by atoms with Crippen LogP contribution in [0.5, 0.6) is 0 Å². The Balaban J connectivity index is 1.59. The molecule has 0 spiro atoms. The van der Waals surface area contributed by atoms with E-state index >= 15 is 0 Å². The van der Waals surface area contributed by atoms with Crippen LogP contribution in [-0.4, -0.2) is 39.1 Å². The minimum atomic E-state index is -0.315. The van der Waals surface area contributed by atoms with Crippen molar-refractivity contribution in [2.24, 2.45) is 0 Å². The van der Waals surface area contributed by atoms with Crippen molar-refractivity contribution < 1.29 is 9.18 Å². The number of hydrogen-bond acceptors (Lipinski definition) is 5. The Hall–Kier alpha value is -2.19. The molecule has 2 aromatic heterocycles. The molecule has 1 N–H and O–H groups in total. The number of nitrogens with zero attached hydrogens (tertiary/aromatic N) is 2. The zero-order valence-electron chi connectivity index (χ0n) is 16.3. The molecule has 3 heterocycles. The second-order valence-corrected chi connectivity index (χ2v) is 9.48. The summed E-state index contributed by atoms with van der Waals surface area (Å²) in [5.74, 6) is 0.0252. The van der Waals surface area contributed by atoms with Gasteiger partial charge in [0.25, 0.3) is 5.56 Å². The van der Waals surface area contributed by atoms with Crippen molar-refractivity contribution in [2.45, 2.75) is 44.3 Å². The van der Waals surface area contributed by atoms with Gasteiger partial charge in [-0.25, -0.2) is 9.37 Å². The van der Waals surface area contributed by atoms with E-state index in [4.69, 9.17) is 0 Å². The number of likely N-dealkylation sites (tertiary alicyclic amines) is 1.